The largest absolute Gasteiger partial charge is 0.369 e. The molecule has 2 heterocycles. The van der Waals surface area contributed by atoms with Gasteiger partial charge in [0.25, 0.3) is 0 Å². The molecule has 1 aromatic heterocycles. The number of aliphatic hydroxyl groups excluding tert-OH is 1. The zero-order valence-electron chi connectivity index (χ0n) is 15.9. The highest BCUT2D eigenvalue weighted by Crippen LogP contribution is 2.36. The van der Waals surface area contributed by atoms with Crippen LogP contribution in [0.5, 0.6) is 0 Å². The average Bonchev–Trinajstić information content (AvgIpc) is 2.72. The smallest absolute Gasteiger partial charge is 0.319 e. The van der Waals surface area contributed by atoms with E-state index in [2.05, 4.69) is 20.6 Å². The van der Waals surface area contributed by atoms with Crippen molar-refractivity contribution in [2.24, 2.45) is 4.99 Å². The number of urea groups is 1. The summed E-state index contributed by atoms with van der Waals surface area (Å²) < 4.78 is 13.4. The van der Waals surface area contributed by atoms with Crippen molar-refractivity contribution in [2.75, 3.05) is 16.8 Å². The summed E-state index contributed by atoms with van der Waals surface area (Å²) in [6.07, 6.45) is -1.06. The fourth-order valence-corrected chi connectivity index (χ4v) is 3.63. The first-order valence-electron chi connectivity index (χ1n) is 9.18. The molecule has 7 nitrogen and oxygen atoms in total. The number of amidine groups is 1. The fraction of sp³-hybridized carbons (Fsp3) is 0.0952. The number of halogens is 3. The standard InChI is InChI=1S/C21H16Cl2FN5O2/c22-17-9-13(10-18(23)28-17)26-21(31)25-11-19-27-16-4-2-1-3-15(16)20(30)29(19)14-7-5-12(24)6-8-14/h1-10,20,30H,11H2,(H2,25,26,28,31). The number of aliphatic imine (C=N–C) groups is 1. The van der Waals surface area contributed by atoms with Gasteiger partial charge in [-0.2, -0.15) is 0 Å². The molecule has 2 aromatic carbocycles. The van der Waals surface area contributed by atoms with Crippen molar-refractivity contribution in [1.82, 2.24) is 10.3 Å². The Labute approximate surface area is 187 Å². The monoisotopic (exact) mass is 459 g/mol. The summed E-state index contributed by atoms with van der Waals surface area (Å²) in [5.74, 6) is -0.0277. The Hall–Kier alpha value is -3.20. The van der Waals surface area contributed by atoms with E-state index < -0.39 is 18.1 Å². The Balaban J connectivity index is 1.57. The minimum absolute atomic E-state index is 0.0127. The van der Waals surface area contributed by atoms with E-state index in [0.717, 1.165) is 0 Å². The van der Waals surface area contributed by atoms with E-state index >= 15 is 0 Å². The number of anilines is 2. The molecule has 4 rings (SSSR count). The van der Waals surface area contributed by atoms with Gasteiger partial charge in [-0.15, -0.1) is 0 Å². The van der Waals surface area contributed by atoms with Crippen LogP contribution in [0.4, 0.5) is 26.2 Å². The number of nitrogens with one attached hydrogen (secondary N) is 2. The van der Waals surface area contributed by atoms with Gasteiger partial charge in [-0.3, -0.25) is 4.90 Å². The number of amides is 2. The Kier molecular flexibility index (Phi) is 6.03. The summed E-state index contributed by atoms with van der Waals surface area (Å²) in [6, 6.07) is 15.1. The summed E-state index contributed by atoms with van der Waals surface area (Å²) in [5.41, 5.74) is 2.07. The van der Waals surface area contributed by atoms with Crippen molar-refractivity contribution < 1.29 is 14.3 Å². The van der Waals surface area contributed by atoms with Gasteiger partial charge in [-0.25, -0.2) is 19.2 Å². The summed E-state index contributed by atoms with van der Waals surface area (Å²) in [4.78, 5) is 22.3. The van der Waals surface area contributed by atoms with Crippen molar-refractivity contribution in [3.63, 3.8) is 0 Å². The molecule has 2 amide bonds. The fourth-order valence-electron chi connectivity index (χ4n) is 3.17. The molecule has 1 aliphatic heterocycles. The van der Waals surface area contributed by atoms with Crippen molar-refractivity contribution in [1.29, 1.82) is 0 Å². The Morgan fingerprint density at radius 2 is 1.77 bits per heavy atom. The summed E-state index contributed by atoms with van der Waals surface area (Å²) >= 11 is 11.7. The summed E-state index contributed by atoms with van der Waals surface area (Å²) in [7, 11) is 0. The lowest BCUT2D eigenvalue weighted by molar-refractivity contribution is 0.186. The van der Waals surface area contributed by atoms with Crippen LogP contribution >= 0.6 is 23.2 Å². The number of pyridine rings is 1. The molecule has 0 radical (unpaired) electrons. The number of aliphatic hydroxyl groups is 1. The summed E-state index contributed by atoms with van der Waals surface area (Å²) in [6.45, 7) is -0.0127. The quantitative estimate of drug-likeness (QED) is 0.484. The first-order chi connectivity index (χ1) is 14.9. The number of carbonyl (C=O) groups is 1. The lowest BCUT2D eigenvalue weighted by Crippen LogP contribution is -2.45. The predicted molar refractivity (Wildman–Crippen MR) is 119 cm³/mol. The third-order valence-corrected chi connectivity index (χ3v) is 4.91. The van der Waals surface area contributed by atoms with E-state index in [9.17, 15) is 14.3 Å². The maximum absolute atomic E-state index is 13.4. The van der Waals surface area contributed by atoms with Crippen molar-refractivity contribution in [2.45, 2.75) is 6.23 Å². The summed E-state index contributed by atoms with van der Waals surface area (Å²) in [5, 5.41) is 16.5. The van der Waals surface area contributed by atoms with E-state index in [1.165, 1.54) is 41.3 Å². The number of carbonyl (C=O) groups excluding carboxylic acids is 1. The molecule has 1 unspecified atom stereocenters. The van der Waals surface area contributed by atoms with Gasteiger partial charge in [-0.1, -0.05) is 41.4 Å². The van der Waals surface area contributed by atoms with Crippen LogP contribution in [0, 0.1) is 5.82 Å². The highest BCUT2D eigenvalue weighted by atomic mass is 35.5. The van der Waals surface area contributed by atoms with E-state index in [-0.39, 0.29) is 16.9 Å². The Morgan fingerprint density at radius 1 is 1.10 bits per heavy atom. The van der Waals surface area contributed by atoms with Crippen molar-refractivity contribution >= 4 is 52.1 Å². The zero-order chi connectivity index (χ0) is 22.0. The van der Waals surface area contributed by atoms with Crippen LogP contribution in [0.3, 0.4) is 0 Å². The molecule has 0 fully saturated rings. The molecule has 0 saturated heterocycles. The topological polar surface area (TPSA) is 89.8 Å². The van der Waals surface area contributed by atoms with Crippen LogP contribution in [0.1, 0.15) is 11.8 Å². The minimum Gasteiger partial charge on any atom is -0.369 e. The van der Waals surface area contributed by atoms with Gasteiger partial charge in [-0.05, 0) is 42.5 Å². The number of rotatable bonds is 4. The molecule has 0 bridgehead atoms. The molecule has 1 atom stereocenters. The lowest BCUT2D eigenvalue weighted by Gasteiger charge is -2.35. The maximum atomic E-state index is 13.4. The van der Waals surface area contributed by atoms with Gasteiger partial charge in [0.2, 0.25) is 0 Å². The Morgan fingerprint density at radius 3 is 2.48 bits per heavy atom. The highest BCUT2D eigenvalue weighted by molar-refractivity contribution is 6.33. The molecule has 1 aliphatic rings. The SMILES string of the molecule is O=C(NCC1=Nc2ccccc2C(O)N1c1ccc(F)cc1)Nc1cc(Cl)nc(Cl)c1. The highest BCUT2D eigenvalue weighted by Gasteiger charge is 2.29. The van der Waals surface area contributed by atoms with Crippen LogP contribution < -0.4 is 15.5 Å². The second-order valence-corrected chi connectivity index (χ2v) is 7.39. The number of aromatic nitrogens is 1. The first kappa shape index (κ1) is 21.0. The number of hydrogen-bond donors (Lipinski definition) is 3. The van der Waals surface area contributed by atoms with E-state index in [0.29, 0.717) is 28.5 Å². The normalized spacial score (nSPS) is 15.2. The molecule has 3 aromatic rings. The molecule has 0 spiro atoms. The number of benzene rings is 2. The zero-order valence-corrected chi connectivity index (χ0v) is 17.4. The van der Waals surface area contributed by atoms with Gasteiger partial charge >= 0.3 is 6.03 Å². The Bertz CT molecular complexity index is 1140. The second-order valence-electron chi connectivity index (χ2n) is 6.62. The van der Waals surface area contributed by atoms with Crippen LogP contribution in [0.25, 0.3) is 0 Å². The number of hydrogen-bond acceptors (Lipinski definition) is 5. The van der Waals surface area contributed by atoms with Crippen LogP contribution in [0.15, 0.2) is 65.7 Å². The number of para-hydroxylation sites is 1. The number of nitrogens with zero attached hydrogens (tertiary/aromatic N) is 3. The minimum atomic E-state index is -1.06. The molecular weight excluding hydrogens is 444 g/mol. The molecule has 158 valence electrons. The van der Waals surface area contributed by atoms with Crippen molar-refractivity contribution in [3.05, 3.63) is 82.4 Å². The first-order valence-corrected chi connectivity index (χ1v) is 9.93. The van der Waals surface area contributed by atoms with Gasteiger partial charge in [0, 0.05) is 16.9 Å². The maximum Gasteiger partial charge on any atom is 0.319 e. The van der Waals surface area contributed by atoms with Gasteiger partial charge in [0.1, 0.15) is 22.0 Å². The molecular formula is C21H16Cl2FN5O2. The van der Waals surface area contributed by atoms with Gasteiger partial charge < -0.3 is 15.7 Å². The van der Waals surface area contributed by atoms with Crippen LogP contribution in [-0.4, -0.2) is 28.5 Å². The number of fused-ring (bicyclic) bond motifs is 1. The predicted octanol–water partition coefficient (Wildman–Crippen LogP) is 4.89. The van der Waals surface area contributed by atoms with Crippen molar-refractivity contribution in [3.8, 4) is 0 Å². The molecule has 0 aliphatic carbocycles. The van der Waals surface area contributed by atoms with Gasteiger partial charge in [0.05, 0.1) is 12.2 Å². The van der Waals surface area contributed by atoms with Gasteiger partial charge in [0.15, 0.2) is 6.23 Å². The van der Waals surface area contributed by atoms with E-state index in [4.69, 9.17) is 23.2 Å². The molecule has 3 N–H and O–H groups in total. The molecule has 10 heteroatoms. The van der Waals surface area contributed by atoms with Crippen LogP contribution in [0.2, 0.25) is 10.3 Å². The second kappa shape index (κ2) is 8.89. The van der Waals surface area contributed by atoms with E-state index in [1.54, 1.807) is 24.3 Å². The molecule has 0 saturated carbocycles. The average molecular weight is 460 g/mol. The third-order valence-electron chi connectivity index (χ3n) is 4.52. The van der Waals surface area contributed by atoms with E-state index in [1.807, 2.05) is 0 Å². The lowest BCUT2D eigenvalue weighted by atomic mass is 10.1. The van der Waals surface area contributed by atoms with Crippen LogP contribution in [-0.2, 0) is 0 Å². The third kappa shape index (κ3) is 4.77. The molecule has 31 heavy (non-hydrogen) atoms.